The minimum absolute atomic E-state index is 0.0387. The van der Waals surface area contributed by atoms with E-state index in [2.05, 4.69) is 5.32 Å². The van der Waals surface area contributed by atoms with Crippen molar-refractivity contribution in [3.63, 3.8) is 0 Å². The maximum Gasteiger partial charge on any atom is 0.254 e. The SMILES string of the molecule is CCOc1ccc(-c2cccc(C(=O)N3CC4CN(C(=O)C(CC)NC(C)=O)CC(C3)O4)c2)c(C)c1. The average molecular weight is 494 g/mol. The summed E-state index contributed by atoms with van der Waals surface area (Å²) in [6.45, 7) is 9.55. The van der Waals surface area contributed by atoms with Crippen LogP contribution < -0.4 is 10.1 Å². The number of hydrogen-bond acceptors (Lipinski definition) is 5. The van der Waals surface area contributed by atoms with E-state index in [1.807, 2.05) is 68.1 Å². The molecule has 0 saturated carbocycles. The van der Waals surface area contributed by atoms with Gasteiger partial charge >= 0.3 is 0 Å². The van der Waals surface area contributed by atoms with Gasteiger partial charge in [0, 0.05) is 38.7 Å². The predicted molar refractivity (Wildman–Crippen MR) is 137 cm³/mol. The average Bonchev–Trinajstić information content (AvgIpc) is 2.86. The molecule has 0 radical (unpaired) electrons. The number of hydrogen-bond donors (Lipinski definition) is 1. The summed E-state index contributed by atoms with van der Waals surface area (Å²) < 4.78 is 11.7. The zero-order chi connectivity index (χ0) is 25.8. The van der Waals surface area contributed by atoms with Crippen LogP contribution in [0.2, 0.25) is 0 Å². The Morgan fingerprint density at radius 1 is 1.03 bits per heavy atom. The molecule has 2 aliphatic rings. The molecule has 2 bridgehead atoms. The van der Waals surface area contributed by atoms with Crippen molar-refractivity contribution in [2.75, 3.05) is 32.8 Å². The Morgan fingerprint density at radius 3 is 2.33 bits per heavy atom. The van der Waals surface area contributed by atoms with Crippen molar-refractivity contribution in [3.05, 3.63) is 53.6 Å². The molecule has 2 aliphatic heterocycles. The minimum Gasteiger partial charge on any atom is -0.494 e. The number of ether oxygens (including phenoxy) is 2. The summed E-state index contributed by atoms with van der Waals surface area (Å²) in [6.07, 6.45) is 0.0217. The molecule has 0 aromatic heterocycles. The molecule has 2 saturated heterocycles. The monoisotopic (exact) mass is 493 g/mol. The van der Waals surface area contributed by atoms with Crippen LogP contribution in [0, 0.1) is 6.92 Å². The largest absolute Gasteiger partial charge is 0.494 e. The number of nitrogens with zero attached hydrogens (tertiary/aromatic N) is 2. The summed E-state index contributed by atoms with van der Waals surface area (Å²) in [5, 5.41) is 2.73. The summed E-state index contributed by atoms with van der Waals surface area (Å²) in [7, 11) is 0. The summed E-state index contributed by atoms with van der Waals surface area (Å²) in [4.78, 5) is 41.5. The zero-order valence-electron chi connectivity index (χ0n) is 21.5. The fourth-order valence-electron chi connectivity index (χ4n) is 5.06. The first-order chi connectivity index (χ1) is 17.3. The molecule has 192 valence electrons. The van der Waals surface area contributed by atoms with Crippen LogP contribution in [0.15, 0.2) is 42.5 Å². The molecule has 2 fully saturated rings. The van der Waals surface area contributed by atoms with Crippen molar-refractivity contribution in [2.45, 2.75) is 52.4 Å². The lowest BCUT2D eigenvalue weighted by Crippen LogP contribution is -2.63. The Bertz CT molecular complexity index is 1120. The first-order valence-electron chi connectivity index (χ1n) is 12.6. The highest BCUT2D eigenvalue weighted by molar-refractivity contribution is 5.96. The van der Waals surface area contributed by atoms with Gasteiger partial charge in [-0.15, -0.1) is 0 Å². The summed E-state index contributed by atoms with van der Waals surface area (Å²) in [5.74, 6) is 0.483. The lowest BCUT2D eigenvalue weighted by molar-refractivity contribution is -0.159. The number of carbonyl (C=O) groups is 3. The second-order valence-electron chi connectivity index (χ2n) is 9.49. The smallest absolute Gasteiger partial charge is 0.254 e. The van der Waals surface area contributed by atoms with Crippen molar-refractivity contribution in [3.8, 4) is 16.9 Å². The van der Waals surface area contributed by atoms with E-state index in [4.69, 9.17) is 9.47 Å². The van der Waals surface area contributed by atoms with Crippen LogP contribution in [0.4, 0.5) is 0 Å². The van der Waals surface area contributed by atoms with E-state index in [0.29, 0.717) is 44.8 Å². The third-order valence-electron chi connectivity index (χ3n) is 6.69. The Balaban J connectivity index is 1.45. The Hall–Kier alpha value is -3.39. The molecule has 3 unspecified atom stereocenters. The molecule has 8 heteroatoms. The fourth-order valence-corrected chi connectivity index (χ4v) is 5.06. The van der Waals surface area contributed by atoms with Crippen LogP contribution in [0.5, 0.6) is 5.75 Å². The molecule has 36 heavy (non-hydrogen) atoms. The number of carbonyl (C=O) groups excluding carboxylic acids is 3. The predicted octanol–water partition coefficient (Wildman–Crippen LogP) is 3.03. The van der Waals surface area contributed by atoms with Gasteiger partial charge in [0.25, 0.3) is 5.91 Å². The molecule has 4 rings (SSSR count). The highest BCUT2D eigenvalue weighted by Crippen LogP contribution is 2.29. The van der Waals surface area contributed by atoms with Crippen LogP contribution in [-0.4, -0.2) is 78.6 Å². The standard InChI is InChI=1S/C28H35N3O5/c1-5-26(29-19(4)32)28(34)31-16-23-14-30(15-24(17-31)36-23)27(33)21-9-7-8-20(13-21)25-11-10-22(35-6-2)12-18(25)3/h7-13,23-24,26H,5-6,14-17H2,1-4H3,(H,29,32). The molecule has 3 amide bonds. The number of rotatable bonds is 7. The van der Waals surface area contributed by atoms with Gasteiger partial charge in [-0.05, 0) is 61.2 Å². The number of fused-ring (bicyclic) bond motifs is 2. The van der Waals surface area contributed by atoms with Gasteiger partial charge in [0.05, 0.1) is 18.8 Å². The lowest BCUT2D eigenvalue weighted by atomic mass is 9.98. The van der Waals surface area contributed by atoms with Gasteiger partial charge in [0.2, 0.25) is 11.8 Å². The molecule has 3 atom stereocenters. The number of amides is 3. The molecule has 2 heterocycles. The van der Waals surface area contributed by atoms with Crippen LogP contribution in [0.25, 0.3) is 11.1 Å². The highest BCUT2D eigenvalue weighted by atomic mass is 16.5. The lowest BCUT2D eigenvalue weighted by Gasteiger charge is -2.46. The number of aryl methyl sites for hydroxylation is 1. The summed E-state index contributed by atoms with van der Waals surface area (Å²) in [5.41, 5.74) is 3.76. The molecule has 2 aromatic rings. The highest BCUT2D eigenvalue weighted by Gasteiger charge is 2.39. The van der Waals surface area contributed by atoms with Gasteiger partial charge in [0.15, 0.2) is 0 Å². The second-order valence-corrected chi connectivity index (χ2v) is 9.49. The summed E-state index contributed by atoms with van der Waals surface area (Å²) >= 11 is 0. The van der Waals surface area contributed by atoms with E-state index in [1.54, 1.807) is 4.90 Å². The Labute approximate surface area is 212 Å². The van der Waals surface area contributed by atoms with Crippen molar-refractivity contribution >= 4 is 17.7 Å². The maximum atomic E-state index is 13.5. The third-order valence-corrected chi connectivity index (χ3v) is 6.69. The molecule has 8 nitrogen and oxygen atoms in total. The van der Waals surface area contributed by atoms with Crippen LogP contribution in [0.3, 0.4) is 0 Å². The molecule has 1 N–H and O–H groups in total. The van der Waals surface area contributed by atoms with Crippen LogP contribution >= 0.6 is 0 Å². The van der Waals surface area contributed by atoms with E-state index in [1.165, 1.54) is 6.92 Å². The van der Waals surface area contributed by atoms with Crippen molar-refractivity contribution in [1.82, 2.24) is 15.1 Å². The van der Waals surface area contributed by atoms with Crippen molar-refractivity contribution < 1.29 is 23.9 Å². The van der Waals surface area contributed by atoms with Gasteiger partial charge in [-0.3, -0.25) is 14.4 Å². The van der Waals surface area contributed by atoms with Crippen LogP contribution in [0.1, 0.15) is 43.1 Å². The molecular formula is C28H35N3O5. The fraction of sp³-hybridized carbons (Fsp3) is 0.464. The topological polar surface area (TPSA) is 88.2 Å². The first kappa shape index (κ1) is 25.7. The minimum atomic E-state index is -0.534. The van der Waals surface area contributed by atoms with E-state index >= 15 is 0 Å². The molecule has 0 spiro atoms. The number of morpholine rings is 2. The van der Waals surface area contributed by atoms with Gasteiger partial charge in [-0.25, -0.2) is 0 Å². The number of benzene rings is 2. The molecule has 2 aromatic carbocycles. The Kier molecular flexibility index (Phi) is 7.94. The van der Waals surface area contributed by atoms with E-state index in [0.717, 1.165) is 22.4 Å². The van der Waals surface area contributed by atoms with Crippen molar-refractivity contribution in [2.24, 2.45) is 0 Å². The van der Waals surface area contributed by atoms with E-state index in [9.17, 15) is 14.4 Å². The van der Waals surface area contributed by atoms with E-state index in [-0.39, 0.29) is 29.9 Å². The van der Waals surface area contributed by atoms with E-state index < -0.39 is 6.04 Å². The van der Waals surface area contributed by atoms with Gasteiger partial charge in [-0.2, -0.15) is 0 Å². The van der Waals surface area contributed by atoms with Gasteiger partial charge < -0.3 is 24.6 Å². The Morgan fingerprint density at radius 2 is 1.72 bits per heavy atom. The van der Waals surface area contributed by atoms with Crippen molar-refractivity contribution in [1.29, 1.82) is 0 Å². The van der Waals surface area contributed by atoms with Gasteiger partial charge in [0.1, 0.15) is 11.8 Å². The summed E-state index contributed by atoms with van der Waals surface area (Å²) in [6, 6.07) is 13.2. The maximum absolute atomic E-state index is 13.5. The molecule has 0 aliphatic carbocycles. The first-order valence-corrected chi connectivity index (χ1v) is 12.6. The molecular weight excluding hydrogens is 458 g/mol. The van der Waals surface area contributed by atoms with Gasteiger partial charge in [-0.1, -0.05) is 25.1 Å². The second kappa shape index (κ2) is 11.1. The third kappa shape index (κ3) is 5.70. The quantitative estimate of drug-likeness (QED) is 0.641. The number of nitrogens with one attached hydrogen (secondary N) is 1. The normalized spacial score (nSPS) is 20.0. The zero-order valence-corrected chi connectivity index (χ0v) is 21.5. The van der Waals surface area contributed by atoms with Crippen LogP contribution in [-0.2, 0) is 14.3 Å².